The van der Waals surface area contributed by atoms with Crippen LogP contribution in [0.15, 0.2) is 42.5 Å². The van der Waals surface area contributed by atoms with E-state index < -0.39 is 0 Å². The summed E-state index contributed by atoms with van der Waals surface area (Å²) in [4.78, 5) is 0. The van der Waals surface area contributed by atoms with Gasteiger partial charge in [0.05, 0.1) is 12.3 Å². The largest absolute Gasteiger partial charge is 0.492 e. The standard InChI is InChI=1S/C16H18ClNO/c1-3-19-16-10-12(2)8-9-15(16)18-11-13-6-4-5-7-14(13)17/h4-10,18H,3,11H2,1-2H3. The van der Waals surface area contributed by atoms with E-state index in [-0.39, 0.29) is 0 Å². The van der Waals surface area contributed by atoms with Crippen molar-refractivity contribution in [2.24, 2.45) is 0 Å². The second-order valence-electron chi connectivity index (χ2n) is 4.38. The number of aryl methyl sites for hydroxylation is 1. The van der Waals surface area contributed by atoms with Crippen LogP contribution in [0.2, 0.25) is 5.02 Å². The minimum atomic E-state index is 0.657. The molecular weight excluding hydrogens is 258 g/mol. The fourth-order valence-corrected chi connectivity index (χ4v) is 2.09. The first-order valence-electron chi connectivity index (χ1n) is 6.41. The van der Waals surface area contributed by atoms with Crippen LogP contribution in [-0.4, -0.2) is 6.61 Å². The van der Waals surface area contributed by atoms with E-state index in [0.717, 1.165) is 22.0 Å². The van der Waals surface area contributed by atoms with E-state index in [2.05, 4.69) is 18.3 Å². The zero-order chi connectivity index (χ0) is 13.7. The van der Waals surface area contributed by atoms with E-state index in [1.165, 1.54) is 5.56 Å². The summed E-state index contributed by atoms with van der Waals surface area (Å²) in [5, 5.41) is 4.15. The van der Waals surface area contributed by atoms with Gasteiger partial charge in [0.15, 0.2) is 0 Å². The van der Waals surface area contributed by atoms with Gasteiger partial charge in [-0.1, -0.05) is 35.9 Å². The number of ether oxygens (including phenoxy) is 1. The topological polar surface area (TPSA) is 21.3 Å². The minimum absolute atomic E-state index is 0.657. The quantitative estimate of drug-likeness (QED) is 0.857. The molecule has 100 valence electrons. The first kappa shape index (κ1) is 13.8. The SMILES string of the molecule is CCOc1cc(C)ccc1NCc1ccccc1Cl. The molecule has 0 bridgehead atoms. The van der Waals surface area contributed by atoms with Crippen LogP contribution in [0.5, 0.6) is 5.75 Å². The van der Waals surface area contributed by atoms with Gasteiger partial charge in [0.1, 0.15) is 5.75 Å². The Balaban J connectivity index is 2.13. The van der Waals surface area contributed by atoms with Crippen LogP contribution in [0.25, 0.3) is 0 Å². The van der Waals surface area contributed by atoms with E-state index in [4.69, 9.17) is 16.3 Å². The molecule has 0 saturated carbocycles. The summed E-state index contributed by atoms with van der Waals surface area (Å²) in [6.07, 6.45) is 0. The molecule has 0 radical (unpaired) electrons. The van der Waals surface area contributed by atoms with Gasteiger partial charge in [-0.05, 0) is 43.2 Å². The highest BCUT2D eigenvalue weighted by Crippen LogP contribution is 2.27. The third kappa shape index (κ3) is 3.65. The van der Waals surface area contributed by atoms with E-state index >= 15 is 0 Å². The maximum atomic E-state index is 6.15. The molecule has 2 rings (SSSR count). The molecule has 0 aromatic heterocycles. The van der Waals surface area contributed by atoms with Gasteiger partial charge in [-0.3, -0.25) is 0 Å². The highest BCUT2D eigenvalue weighted by Gasteiger charge is 2.04. The fourth-order valence-electron chi connectivity index (χ4n) is 1.88. The third-order valence-electron chi connectivity index (χ3n) is 2.86. The molecule has 0 aliphatic rings. The lowest BCUT2D eigenvalue weighted by Gasteiger charge is -2.13. The van der Waals surface area contributed by atoms with Crippen molar-refractivity contribution in [2.75, 3.05) is 11.9 Å². The lowest BCUT2D eigenvalue weighted by Crippen LogP contribution is -2.03. The zero-order valence-corrected chi connectivity index (χ0v) is 12.0. The first-order valence-corrected chi connectivity index (χ1v) is 6.79. The molecular formula is C16H18ClNO. The average Bonchev–Trinajstić information content (AvgIpc) is 2.40. The van der Waals surface area contributed by atoms with Crippen molar-refractivity contribution in [3.05, 3.63) is 58.6 Å². The van der Waals surface area contributed by atoms with Gasteiger partial charge in [0.25, 0.3) is 0 Å². The predicted octanol–water partition coefficient (Wildman–Crippen LogP) is 4.66. The van der Waals surface area contributed by atoms with E-state index in [0.29, 0.717) is 13.2 Å². The van der Waals surface area contributed by atoms with Gasteiger partial charge >= 0.3 is 0 Å². The molecule has 0 unspecified atom stereocenters. The Labute approximate surface area is 119 Å². The number of benzene rings is 2. The first-order chi connectivity index (χ1) is 9.20. The Morgan fingerprint density at radius 1 is 1.16 bits per heavy atom. The van der Waals surface area contributed by atoms with Gasteiger partial charge in [-0.2, -0.15) is 0 Å². The molecule has 2 aromatic carbocycles. The summed E-state index contributed by atoms with van der Waals surface area (Å²) >= 11 is 6.15. The van der Waals surface area contributed by atoms with Gasteiger partial charge in [-0.25, -0.2) is 0 Å². The minimum Gasteiger partial charge on any atom is -0.492 e. The van der Waals surface area contributed by atoms with Crippen LogP contribution in [0.4, 0.5) is 5.69 Å². The van der Waals surface area contributed by atoms with Gasteiger partial charge in [0, 0.05) is 11.6 Å². The lowest BCUT2D eigenvalue weighted by atomic mass is 10.2. The van der Waals surface area contributed by atoms with Crippen LogP contribution in [-0.2, 0) is 6.54 Å². The third-order valence-corrected chi connectivity index (χ3v) is 3.23. The van der Waals surface area contributed by atoms with E-state index in [1.54, 1.807) is 0 Å². The molecule has 0 atom stereocenters. The van der Waals surface area contributed by atoms with E-state index in [9.17, 15) is 0 Å². The van der Waals surface area contributed by atoms with Crippen LogP contribution in [0.1, 0.15) is 18.1 Å². The Morgan fingerprint density at radius 3 is 2.68 bits per heavy atom. The number of halogens is 1. The van der Waals surface area contributed by atoms with Crippen molar-refractivity contribution in [3.8, 4) is 5.75 Å². The molecule has 3 heteroatoms. The lowest BCUT2D eigenvalue weighted by molar-refractivity contribution is 0.341. The Bertz CT molecular complexity index is 554. The molecule has 0 saturated heterocycles. The number of hydrogen-bond acceptors (Lipinski definition) is 2. The monoisotopic (exact) mass is 275 g/mol. The second kappa shape index (κ2) is 6.48. The van der Waals surface area contributed by atoms with Gasteiger partial charge in [0.2, 0.25) is 0 Å². The highest BCUT2D eigenvalue weighted by atomic mass is 35.5. The van der Waals surface area contributed by atoms with Crippen molar-refractivity contribution < 1.29 is 4.74 Å². The van der Waals surface area contributed by atoms with Crippen LogP contribution < -0.4 is 10.1 Å². The van der Waals surface area contributed by atoms with Gasteiger partial charge in [-0.15, -0.1) is 0 Å². The van der Waals surface area contributed by atoms with Crippen molar-refractivity contribution in [1.82, 2.24) is 0 Å². The highest BCUT2D eigenvalue weighted by molar-refractivity contribution is 6.31. The summed E-state index contributed by atoms with van der Waals surface area (Å²) in [6.45, 7) is 5.38. The molecule has 0 amide bonds. The maximum absolute atomic E-state index is 6.15. The number of anilines is 1. The molecule has 19 heavy (non-hydrogen) atoms. The molecule has 0 aliphatic carbocycles. The predicted molar refractivity (Wildman–Crippen MR) is 81.1 cm³/mol. The fraction of sp³-hybridized carbons (Fsp3) is 0.250. The summed E-state index contributed by atoms with van der Waals surface area (Å²) in [7, 11) is 0. The van der Waals surface area contributed by atoms with Crippen molar-refractivity contribution in [3.63, 3.8) is 0 Å². The van der Waals surface area contributed by atoms with Crippen LogP contribution in [0, 0.1) is 6.92 Å². The second-order valence-corrected chi connectivity index (χ2v) is 4.78. The Hall–Kier alpha value is -1.67. The maximum Gasteiger partial charge on any atom is 0.142 e. The number of nitrogens with one attached hydrogen (secondary N) is 1. The van der Waals surface area contributed by atoms with Crippen molar-refractivity contribution in [2.45, 2.75) is 20.4 Å². The smallest absolute Gasteiger partial charge is 0.142 e. The summed E-state index contributed by atoms with van der Waals surface area (Å²) < 4.78 is 5.64. The van der Waals surface area contributed by atoms with Gasteiger partial charge < -0.3 is 10.1 Å². The molecule has 0 aliphatic heterocycles. The van der Waals surface area contributed by atoms with Crippen LogP contribution in [0.3, 0.4) is 0 Å². The summed E-state index contributed by atoms with van der Waals surface area (Å²) in [5.41, 5.74) is 3.26. The zero-order valence-electron chi connectivity index (χ0n) is 11.2. The Kier molecular flexibility index (Phi) is 4.69. The normalized spacial score (nSPS) is 10.3. The summed E-state index contributed by atoms with van der Waals surface area (Å²) in [6, 6.07) is 14.0. The number of rotatable bonds is 5. The molecule has 2 aromatic rings. The molecule has 0 spiro atoms. The van der Waals surface area contributed by atoms with Crippen LogP contribution >= 0.6 is 11.6 Å². The van der Waals surface area contributed by atoms with Crippen molar-refractivity contribution >= 4 is 17.3 Å². The Morgan fingerprint density at radius 2 is 1.95 bits per heavy atom. The summed E-state index contributed by atoms with van der Waals surface area (Å²) in [5.74, 6) is 0.884. The molecule has 1 N–H and O–H groups in total. The number of hydrogen-bond donors (Lipinski definition) is 1. The molecule has 0 heterocycles. The molecule has 0 fully saturated rings. The molecule has 2 nitrogen and oxygen atoms in total. The van der Waals surface area contributed by atoms with Crippen molar-refractivity contribution in [1.29, 1.82) is 0 Å². The average molecular weight is 276 g/mol. The van der Waals surface area contributed by atoms with E-state index in [1.807, 2.05) is 43.3 Å².